The molecule has 1 heterocycles. The topological polar surface area (TPSA) is 105 Å². The largest absolute Gasteiger partial charge is 0.494 e. The average molecular weight is 234 g/mol. The summed E-state index contributed by atoms with van der Waals surface area (Å²) in [5, 5.41) is 10.8. The summed E-state index contributed by atoms with van der Waals surface area (Å²) in [6, 6.07) is 7.27. The van der Waals surface area contributed by atoms with Crippen molar-refractivity contribution in [3.05, 3.63) is 24.3 Å². The lowest BCUT2D eigenvalue weighted by Gasteiger charge is -2.06. The first-order valence-electron chi connectivity index (χ1n) is 5.25. The number of aryl methyl sites for hydroxylation is 1. The fraction of sp³-hybridized carbons (Fsp3) is 0.300. The van der Waals surface area contributed by atoms with Crippen molar-refractivity contribution in [2.45, 2.75) is 13.0 Å². The fourth-order valence-corrected chi connectivity index (χ4v) is 1.34. The van der Waals surface area contributed by atoms with Crippen molar-refractivity contribution in [3.63, 3.8) is 0 Å². The predicted octanol–water partition coefficient (Wildman–Crippen LogP) is 0.307. The maximum atomic E-state index is 5.57. The lowest BCUT2D eigenvalue weighted by Crippen LogP contribution is -2.08. The number of hydrogen-bond acceptors (Lipinski definition) is 6. The van der Waals surface area contributed by atoms with Gasteiger partial charge in [0.05, 0.1) is 6.61 Å². The SMILES string of the molecule is Nc1ccc(OCCCn2nnnc2N)cc1. The zero-order chi connectivity index (χ0) is 12.1. The Morgan fingerprint density at radius 3 is 2.59 bits per heavy atom. The summed E-state index contributed by atoms with van der Waals surface area (Å²) in [6.45, 7) is 1.21. The van der Waals surface area contributed by atoms with E-state index in [0.717, 1.165) is 17.9 Å². The molecular formula is C10H14N6O. The second kappa shape index (κ2) is 5.15. The molecule has 0 unspecified atom stereocenters. The van der Waals surface area contributed by atoms with Gasteiger partial charge in [-0.05, 0) is 34.7 Å². The molecule has 0 fully saturated rings. The minimum absolute atomic E-state index is 0.317. The number of hydrogen-bond donors (Lipinski definition) is 2. The van der Waals surface area contributed by atoms with Gasteiger partial charge in [-0.1, -0.05) is 5.10 Å². The molecular weight excluding hydrogens is 220 g/mol. The van der Waals surface area contributed by atoms with Crippen LogP contribution in [-0.4, -0.2) is 26.8 Å². The normalized spacial score (nSPS) is 10.4. The van der Waals surface area contributed by atoms with Gasteiger partial charge in [-0.2, -0.15) is 0 Å². The molecule has 0 atom stereocenters. The highest BCUT2D eigenvalue weighted by Crippen LogP contribution is 2.13. The lowest BCUT2D eigenvalue weighted by atomic mass is 10.3. The van der Waals surface area contributed by atoms with Crippen molar-refractivity contribution >= 4 is 11.6 Å². The summed E-state index contributed by atoms with van der Waals surface area (Å²) in [4.78, 5) is 0. The minimum Gasteiger partial charge on any atom is -0.494 e. The van der Waals surface area contributed by atoms with Gasteiger partial charge in [0.25, 0.3) is 0 Å². The molecule has 0 amide bonds. The van der Waals surface area contributed by atoms with Crippen LogP contribution in [-0.2, 0) is 6.54 Å². The molecule has 7 nitrogen and oxygen atoms in total. The second-order valence-electron chi connectivity index (χ2n) is 3.53. The number of nitrogens with zero attached hydrogens (tertiary/aromatic N) is 4. The molecule has 2 aromatic rings. The van der Waals surface area contributed by atoms with Crippen molar-refractivity contribution in [2.75, 3.05) is 18.1 Å². The number of rotatable bonds is 5. The maximum Gasteiger partial charge on any atom is 0.240 e. The predicted molar refractivity (Wildman–Crippen MR) is 63.2 cm³/mol. The first-order chi connectivity index (χ1) is 8.25. The van der Waals surface area contributed by atoms with Crippen LogP contribution in [0.2, 0.25) is 0 Å². The van der Waals surface area contributed by atoms with Crippen LogP contribution in [0.5, 0.6) is 5.75 Å². The average Bonchev–Trinajstić information content (AvgIpc) is 2.73. The van der Waals surface area contributed by atoms with Crippen molar-refractivity contribution in [1.82, 2.24) is 20.2 Å². The van der Waals surface area contributed by atoms with Crippen LogP contribution in [0.3, 0.4) is 0 Å². The Morgan fingerprint density at radius 1 is 1.18 bits per heavy atom. The summed E-state index contributed by atoms with van der Waals surface area (Å²) < 4.78 is 7.05. The Morgan fingerprint density at radius 2 is 1.94 bits per heavy atom. The number of benzene rings is 1. The van der Waals surface area contributed by atoms with E-state index in [1.54, 1.807) is 12.1 Å². The number of ether oxygens (including phenoxy) is 1. The number of nitrogens with two attached hydrogens (primary N) is 2. The van der Waals surface area contributed by atoms with Crippen LogP contribution in [0.1, 0.15) is 6.42 Å². The Balaban J connectivity index is 1.73. The molecule has 0 aliphatic heterocycles. The van der Waals surface area contributed by atoms with Gasteiger partial charge < -0.3 is 16.2 Å². The Kier molecular flexibility index (Phi) is 3.39. The van der Waals surface area contributed by atoms with Crippen LogP contribution >= 0.6 is 0 Å². The van der Waals surface area contributed by atoms with Gasteiger partial charge in [0.1, 0.15) is 5.75 Å². The highest BCUT2D eigenvalue weighted by Gasteiger charge is 2.00. The van der Waals surface area contributed by atoms with Gasteiger partial charge in [-0.3, -0.25) is 0 Å². The van der Waals surface area contributed by atoms with E-state index in [1.807, 2.05) is 12.1 Å². The molecule has 0 bridgehead atoms. The maximum absolute atomic E-state index is 5.57. The summed E-state index contributed by atoms with van der Waals surface area (Å²) in [5.41, 5.74) is 11.8. The second-order valence-corrected chi connectivity index (χ2v) is 3.53. The molecule has 0 aliphatic rings. The molecule has 1 aromatic heterocycles. The number of nitrogen functional groups attached to an aromatic ring is 2. The van der Waals surface area contributed by atoms with Crippen LogP contribution in [0, 0.1) is 0 Å². The van der Waals surface area contributed by atoms with Gasteiger partial charge in [-0.25, -0.2) is 4.68 Å². The summed E-state index contributed by atoms with van der Waals surface area (Å²) in [5.74, 6) is 1.11. The van der Waals surface area contributed by atoms with Crippen molar-refractivity contribution in [1.29, 1.82) is 0 Å². The lowest BCUT2D eigenvalue weighted by molar-refractivity contribution is 0.298. The minimum atomic E-state index is 0.317. The molecule has 0 spiro atoms. The van der Waals surface area contributed by atoms with E-state index in [2.05, 4.69) is 15.5 Å². The van der Waals surface area contributed by atoms with Gasteiger partial charge in [0, 0.05) is 18.7 Å². The zero-order valence-corrected chi connectivity index (χ0v) is 9.28. The van der Waals surface area contributed by atoms with Crippen LogP contribution in [0.25, 0.3) is 0 Å². The molecule has 0 aliphatic carbocycles. The van der Waals surface area contributed by atoms with E-state index < -0.39 is 0 Å². The molecule has 17 heavy (non-hydrogen) atoms. The van der Waals surface area contributed by atoms with E-state index in [0.29, 0.717) is 19.1 Å². The van der Waals surface area contributed by atoms with Crippen LogP contribution < -0.4 is 16.2 Å². The van der Waals surface area contributed by atoms with Crippen LogP contribution in [0.15, 0.2) is 24.3 Å². The van der Waals surface area contributed by atoms with Gasteiger partial charge in [0.2, 0.25) is 5.95 Å². The standard InChI is InChI=1S/C10H14N6O/c11-8-2-4-9(5-3-8)17-7-1-6-16-10(12)13-14-15-16/h2-5H,1,6-7,11H2,(H2,12,13,15). The molecule has 1 aromatic carbocycles. The highest BCUT2D eigenvalue weighted by molar-refractivity contribution is 5.41. The molecule has 0 saturated carbocycles. The molecule has 2 rings (SSSR count). The Bertz CT molecular complexity index is 466. The molecule has 4 N–H and O–H groups in total. The van der Waals surface area contributed by atoms with Gasteiger partial charge in [0.15, 0.2) is 0 Å². The monoisotopic (exact) mass is 234 g/mol. The zero-order valence-electron chi connectivity index (χ0n) is 9.28. The first-order valence-corrected chi connectivity index (χ1v) is 5.25. The van der Waals surface area contributed by atoms with Crippen molar-refractivity contribution < 1.29 is 4.74 Å². The van der Waals surface area contributed by atoms with Gasteiger partial charge in [-0.15, -0.1) is 0 Å². The summed E-state index contributed by atoms with van der Waals surface area (Å²) in [7, 11) is 0. The Labute approximate surface area is 98.4 Å². The first kappa shape index (κ1) is 11.2. The number of aromatic nitrogens is 4. The molecule has 0 saturated heterocycles. The highest BCUT2D eigenvalue weighted by atomic mass is 16.5. The summed E-state index contributed by atoms with van der Waals surface area (Å²) >= 11 is 0. The van der Waals surface area contributed by atoms with E-state index in [9.17, 15) is 0 Å². The summed E-state index contributed by atoms with van der Waals surface area (Å²) in [6.07, 6.45) is 0.777. The van der Waals surface area contributed by atoms with E-state index in [-0.39, 0.29) is 0 Å². The molecule has 90 valence electrons. The third-order valence-corrected chi connectivity index (χ3v) is 2.22. The third-order valence-electron chi connectivity index (χ3n) is 2.22. The smallest absolute Gasteiger partial charge is 0.240 e. The third kappa shape index (κ3) is 3.07. The fourth-order valence-electron chi connectivity index (χ4n) is 1.34. The van der Waals surface area contributed by atoms with Crippen molar-refractivity contribution in [3.8, 4) is 5.75 Å². The van der Waals surface area contributed by atoms with E-state index >= 15 is 0 Å². The molecule has 0 radical (unpaired) electrons. The van der Waals surface area contributed by atoms with E-state index in [4.69, 9.17) is 16.2 Å². The molecule has 7 heteroatoms. The van der Waals surface area contributed by atoms with E-state index in [1.165, 1.54) is 4.68 Å². The van der Waals surface area contributed by atoms with Crippen LogP contribution in [0.4, 0.5) is 11.6 Å². The van der Waals surface area contributed by atoms with Crippen molar-refractivity contribution in [2.24, 2.45) is 0 Å². The van der Waals surface area contributed by atoms with Gasteiger partial charge >= 0.3 is 0 Å². The Hall–Kier alpha value is -2.31. The number of tetrazole rings is 1. The number of anilines is 2. The quantitative estimate of drug-likeness (QED) is 0.569.